The average molecular weight is 238 g/mol. The first-order valence-corrected chi connectivity index (χ1v) is 7.43. The summed E-state index contributed by atoms with van der Waals surface area (Å²) < 4.78 is 0. The fourth-order valence-corrected chi connectivity index (χ4v) is 4.06. The van der Waals surface area contributed by atoms with Gasteiger partial charge in [-0.1, -0.05) is 27.2 Å². The first-order chi connectivity index (χ1) is 7.93. The van der Waals surface area contributed by atoms with Gasteiger partial charge < -0.3 is 0 Å². The maximum atomic E-state index is 2.73. The molecule has 0 aliphatic carbocycles. The van der Waals surface area contributed by atoms with Gasteiger partial charge in [0.1, 0.15) is 0 Å². The van der Waals surface area contributed by atoms with Crippen molar-refractivity contribution in [1.82, 2.24) is 9.80 Å². The van der Waals surface area contributed by atoms with E-state index in [4.69, 9.17) is 0 Å². The highest BCUT2D eigenvalue weighted by Gasteiger charge is 2.45. The van der Waals surface area contributed by atoms with Gasteiger partial charge in [0.05, 0.1) is 0 Å². The third kappa shape index (κ3) is 2.85. The largest absolute Gasteiger partial charge is 0.300 e. The summed E-state index contributed by atoms with van der Waals surface area (Å²) in [6, 6.07) is 2.45. The Kier molecular flexibility index (Phi) is 3.84. The summed E-state index contributed by atoms with van der Waals surface area (Å²) in [6.07, 6.45) is 4.11. The SMILES string of the molecule is CCCC(C)(C)CN1CC2CC(C1)N2C(C)C. The lowest BCUT2D eigenvalue weighted by Crippen LogP contribution is -2.70. The van der Waals surface area contributed by atoms with Crippen LogP contribution in [0.5, 0.6) is 0 Å². The third-order valence-corrected chi connectivity index (χ3v) is 4.50. The molecule has 2 heteroatoms. The standard InChI is InChI=1S/C15H30N2/c1-6-7-15(4,5)11-16-9-13-8-14(10-16)17(13)12(2)3/h12-14H,6-11H2,1-5H3. The van der Waals surface area contributed by atoms with Gasteiger partial charge in [0.15, 0.2) is 0 Å². The number of rotatable bonds is 5. The number of hydrogen-bond donors (Lipinski definition) is 0. The predicted octanol–water partition coefficient (Wildman–Crippen LogP) is 2.98. The quantitative estimate of drug-likeness (QED) is 0.726. The summed E-state index contributed by atoms with van der Waals surface area (Å²) in [7, 11) is 0. The molecule has 0 radical (unpaired) electrons. The van der Waals surface area contributed by atoms with Crippen molar-refractivity contribution in [1.29, 1.82) is 0 Å². The fourth-order valence-electron chi connectivity index (χ4n) is 4.06. The second-order valence-electron chi connectivity index (χ2n) is 7.19. The first-order valence-electron chi connectivity index (χ1n) is 7.43. The Labute approximate surface area is 107 Å². The Morgan fingerprint density at radius 1 is 1.18 bits per heavy atom. The maximum absolute atomic E-state index is 2.73. The lowest BCUT2D eigenvalue weighted by molar-refractivity contribution is -0.0949. The van der Waals surface area contributed by atoms with Gasteiger partial charge >= 0.3 is 0 Å². The van der Waals surface area contributed by atoms with Crippen LogP contribution in [0.2, 0.25) is 0 Å². The van der Waals surface area contributed by atoms with Crippen LogP contribution in [0.15, 0.2) is 0 Å². The molecule has 3 saturated heterocycles. The zero-order valence-corrected chi connectivity index (χ0v) is 12.4. The minimum absolute atomic E-state index is 0.501. The average Bonchev–Trinajstić information content (AvgIpc) is 2.14. The third-order valence-electron chi connectivity index (χ3n) is 4.50. The first kappa shape index (κ1) is 13.4. The van der Waals surface area contributed by atoms with Crippen molar-refractivity contribution < 1.29 is 0 Å². The molecule has 17 heavy (non-hydrogen) atoms. The lowest BCUT2D eigenvalue weighted by Gasteiger charge is -2.59. The molecule has 2 unspecified atom stereocenters. The van der Waals surface area contributed by atoms with Crippen molar-refractivity contribution in [3.63, 3.8) is 0 Å². The Balaban J connectivity index is 1.84. The van der Waals surface area contributed by atoms with E-state index in [0.29, 0.717) is 5.41 Å². The van der Waals surface area contributed by atoms with E-state index in [-0.39, 0.29) is 0 Å². The molecule has 0 saturated carbocycles. The molecule has 3 rings (SSSR count). The molecule has 3 fully saturated rings. The van der Waals surface area contributed by atoms with Crippen LogP contribution in [-0.2, 0) is 0 Å². The lowest BCUT2D eigenvalue weighted by atomic mass is 9.82. The molecule has 0 aromatic rings. The van der Waals surface area contributed by atoms with Gasteiger partial charge in [0.25, 0.3) is 0 Å². The zero-order valence-electron chi connectivity index (χ0n) is 12.4. The molecule has 3 heterocycles. The van der Waals surface area contributed by atoms with E-state index >= 15 is 0 Å². The summed E-state index contributed by atoms with van der Waals surface area (Å²) in [5, 5.41) is 0. The molecular weight excluding hydrogens is 208 g/mol. The van der Waals surface area contributed by atoms with Crippen molar-refractivity contribution in [2.24, 2.45) is 5.41 Å². The summed E-state index contributed by atoms with van der Waals surface area (Å²) in [4.78, 5) is 5.44. The van der Waals surface area contributed by atoms with Crippen LogP contribution >= 0.6 is 0 Å². The van der Waals surface area contributed by atoms with Crippen LogP contribution in [-0.4, -0.2) is 47.6 Å². The highest BCUT2D eigenvalue weighted by atomic mass is 15.4. The molecule has 3 aliphatic rings. The van der Waals surface area contributed by atoms with E-state index in [2.05, 4.69) is 44.4 Å². The minimum atomic E-state index is 0.501. The van der Waals surface area contributed by atoms with Crippen LogP contribution in [0.25, 0.3) is 0 Å². The van der Waals surface area contributed by atoms with Crippen LogP contribution in [0.4, 0.5) is 0 Å². The molecule has 0 N–H and O–H groups in total. The van der Waals surface area contributed by atoms with Crippen LogP contribution < -0.4 is 0 Å². The molecule has 2 bridgehead atoms. The Morgan fingerprint density at radius 2 is 1.76 bits per heavy atom. The van der Waals surface area contributed by atoms with E-state index in [0.717, 1.165) is 18.1 Å². The van der Waals surface area contributed by atoms with Crippen molar-refractivity contribution in [3.8, 4) is 0 Å². The fraction of sp³-hybridized carbons (Fsp3) is 1.00. The molecule has 100 valence electrons. The molecule has 3 aliphatic heterocycles. The molecular formula is C15H30N2. The number of nitrogens with zero attached hydrogens (tertiary/aromatic N) is 2. The number of piperidine rings is 1. The van der Waals surface area contributed by atoms with E-state index in [1.807, 2.05) is 0 Å². The van der Waals surface area contributed by atoms with Gasteiger partial charge in [-0.15, -0.1) is 0 Å². The van der Waals surface area contributed by atoms with Gasteiger partial charge in [-0.2, -0.15) is 0 Å². The van der Waals surface area contributed by atoms with E-state index in [1.165, 1.54) is 38.9 Å². The topological polar surface area (TPSA) is 6.48 Å². The zero-order chi connectivity index (χ0) is 12.6. The molecule has 0 spiro atoms. The van der Waals surface area contributed by atoms with E-state index in [9.17, 15) is 0 Å². The molecule has 0 aromatic heterocycles. The normalized spacial score (nSPS) is 30.7. The molecule has 0 amide bonds. The second-order valence-corrected chi connectivity index (χ2v) is 7.19. The van der Waals surface area contributed by atoms with Crippen LogP contribution in [0.3, 0.4) is 0 Å². The number of hydrogen-bond acceptors (Lipinski definition) is 2. The summed E-state index contributed by atoms with van der Waals surface area (Å²) in [5.41, 5.74) is 0.501. The molecule has 2 atom stereocenters. The number of piperazine rings is 1. The van der Waals surface area contributed by atoms with Crippen LogP contribution in [0, 0.1) is 5.41 Å². The van der Waals surface area contributed by atoms with Crippen molar-refractivity contribution in [3.05, 3.63) is 0 Å². The van der Waals surface area contributed by atoms with Gasteiger partial charge in [0.2, 0.25) is 0 Å². The maximum Gasteiger partial charge on any atom is 0.0244 e. The highest BCUT2D eigenvalue weighted by Crippen LogP contribution is 2.35. The Bertz CT molecular complexity index is 248. The van der Waals surface area contributed by atoms with E-state index in [1.54, 1.807) is 0 Å². The summed E-state index contributed by atoms with van der Waals surface area (Å²) >= 11 is 0. The monoisotopic (exact) mass is 238 g/mol. The summed E-state index contributed by atoms with van der Waals surface area (Å²) in [5.74, 6) is 0. The smallest absolute Gasteiger partial charge is 0.0244 e. The molecule has 0 aromatic carbocycles. The van der Waals surface area contributed by atoms with Gasteiger partial charge in [-0.05, 0) is 32.1 Å². The van der Waals surface area contributed by atoms with Crippen LogP contribution in [0.1, 0.15) is 53.9 Å². The molecule has 2 nitrogen and oxygen atoms in total. The van der Waals surface area contributed by atoms with Gasteiger partial charge in [-0.25, -0.2) is 0 Å². The summed E-state index contributed by atoms with van der Waals surface area (Å²) in [6.45, 7) is 15.7. The Morgan fingerprint density at radius 3 is 2.24 bits per heavy atom. The number of fused-ring (bicyclic) bond motifs is 2. The van der Waals surface area contributed by atoms with Gasteiger partial charge in [-0.3, -0.25) is 9.80 Å². The predicted molar refractivity (Wildman–Crippen MR) is 74.3 cm³/mol. The van der Waals surface area contributed by atoms with E-state index < -0.39 is 0 Å². The van der Waals surface area contributed by atoms with Crippen molar-refractivity contribution in [2.75, 3.05) is 19.6 Å². The van der Waals surface area contributed by atoms with Gasteiger partial charge in [0, 0.05) is 37.8 Å². The van der Waals surface area contributed by atoms with Crippen molar-refractivity contribution in [2.45, 2.75) is 72.0 Å². The second kappa shape index (κ2) is 4.89. The highest BCUT2D eigenvalue weighted by molar-refractivity contribution is 5.02. The minimum Gasteiger partial charge on any atom is -0.300 e. The Hall–Kier alpha value is -0.0800. The van der Waals surface area contributed by atoms with Crippen molar-refractivity contribution >= 4 is 0 Å².